The van der Waals surface area contributed by atoms with Gasteiger partial charge in [0, 0.05) is 39.9 Å². The van der Waals surface area contributed by atoms with Crippen molar-refractivity contribution in [2.24, 2.45) is 0 Å². The zero-order valence-corrected chi connectivity index (χ0v) is 14.7. The van der Waals surface area contributed by atoms with Gasteiger partial charge in [-0.2, -0.15) is 0 Å². The lowest BCUT2D eigenvalue weighted by atomic mass is 10.1. The van der Waals surface area contributed by atoms with E-state index in [0.717, 1.165) is 16.8 Å². The molecule has 1 aromatic rings. The minimum Gasteiger partial charge on any atom is -0.444 e. The number of ether oxygens (including phenoxy) is 1. The summed E-state index contributed by atoms with van der Waals surface area (Å²) in [7, 11) is 5.18. The number of amides is 3. The number of carbonyl (C=O) groups is 2. The maximum atomic E-state index is 12.2. The van der Waals surface area contributed by atoms with Crippen LogP contribution in [0.3, 0.4) is 0 Å². The fourth-order valence-corrected chi connectivity index (χ4v) is 2.46. The molecule has 6 heteroatoms. The highest BCUT2D eigenvalue weighted by molar-refractivity contribution is 5.91. The average molecular weight is 319 g/mol. The summed E-state index contributed by atoms with van der Waals surface area (Å²) in [5.74, 6) is 0. The van der Waals surface area contributed by atoms with Crippen LogP contribution < -0.4 is 4.90 Å². The molecule has 3 amide bonds. The summed E-state index contributed by atoms with van der Waals surface area (Å²) in [6.45, 7) is 6.61. The molecule has 1 aliphatic heterocycles. The van der Waals surface area contributed by atoms with Gasteiger partial charge in [-0.25, -0.2) is 9.59 Å². The van der Waals surface area contributed by atoms with Crippen LogP contribution in [-0.4, -0.2) is 48.7 Å². The Hall–Kier alpha value is -2.24. The molecule has 2 rings (SSSR count). The predicted octanol–water partition coefficient (Wildman–Crippen LogP) is 3.06. The summed E-state index contributed by atoms with van der Waals surface area (Å²) in [6, 6.07) is 5.74. The van der Waals surface area contributed by atoms with Crippen molar-refractivity contribution in [2.75, 3.05) is 26.0 Å². The lowest BCUT2D eigenvalue weighted by Crippen LogP contribution is -2.36. The molecule has 0 spiro atoms. The molecule has 0 fully saturated rings. The number of hydrogen-bond acceptors (Lipinski definition) is 3. The monoisotopic (exact) mass is 319 g/mol. The van der Waals surface area contributed by atoms with Crippen molar-refractivity contribution in [1.82, 2.24) is 9.80 Å². The summed E-state index contributed by atoms with van der Waals surface area (Å²) in [5, 5.41) is 0. The normalized spacial score (nSPS) is 13.6. The SMILES string of the molecule is CN(C)C(=O)N(C)c1ccc2c(c1)CN(C(=O)OC(C)(C)C)C2. The number of anilines is 1. The smallest absolute Gasteiger partial charge is 0.410 e. The van der Waals surface area contributed by atoms with E-state index in [4.69, 9.17) is 4.74 Å². The van der Waals surface area contributed by atoms with Gasteiger partial charge in [-0.1, -0.05) is 6.07 Å². The van der Waals surface area contributed by atoms with E-state index in [9.17, 15) is 9.59 Å². The second-order valence-electron chi connectivity index (χ2n) is 7.03. The van der Waals surface area contributed by atoms with Gasteiger partial charge in [0.1, 0.15) is 5.60 Å². The molecule has 0 aliphatic carbocycles. The van der Waals surface area contributed by atoms with E-state index in [1.54, 1.807) is 30.9 Å². The second-order valence-corrected chi connectivity index (χ2v) is 7.03. The second kappa shape index (κ2) is 6.10. The number of rotatable bonds is 1. The van der Waals surface area contributed by atoms with Crippen LogP contribution in [-0.2, 0) is 17.8 Å². The molecule has 6 nitrogen and oxygen atoms in total. The first-order valence-corrected chi connectivity index (χ1v) is 7.63. The summed E-state index contributed by atoms with van der Waals surface area (Å²) in [5.41, 5.74) is 2.45. The zero-order chi connectivity index (χ0) is 17.4. The highest BCUT2D eigenvalue weighted by Gasteiger charge is 2.28. The van der Waals surface area contributed by atoms with Gasteiger partial charge in [0.25, 0.3) is 0 Å². The molecule has 126 valence electrons. The lowest BCUT2D eigenvalue weighted by Gasteiger charge is -2.24. The maximum Gasteiger partial charge on any atom is 0.410 e. The molecule has 0 atom stereocenters. The van der Waals surface area contributed by atoms with Crippen molar-refractivity contribution >= 4 is 17.8 Å². The lowest BCUT2D eigenvalue weighted by molar-refractivity contribution is 0.0242. The van der Waals surface area contributed by atoms with Gasteiger partial charge < -0.3 is 9.64 Å². The number of benzene rings is 1. The standard InChI is InChI=1S/C17H25N3O3/c1-17(2,3)23-16(22)20-10-12-7-8-14(9-13(12)11-20)19(6)15(21)18(4)5/h7-9H,10-11H2,1-6H3. The predicted molar refractivity (Wildman–Crippen MR) is 89.4 cm³/mol. The van der Waals surface area contributed by atoms with Crippen LogP contribution in [0.1, 0.15) is 31.9 Å². The first-order chi connectivity index (χ1) is 10.6. The minimum atomic E-state index is -0.505. The van der Waals surface area contributed by atoms with E-state index < -0.39 is 5.60 Å². The topological polar surface area (TPSA) is 53.1 Å². The van der Waals surface area contributed by atoms with E-state index in [1.165, 1.54) is 4.90 Å². The highest BCUT2D eigenvalue weighted by Crippen LogP contribution is 2.28. The number of nitrogens with zero attached hydrogens (tertiary/aromatic N) is 3. The van der Waals surface area contributed by atoms with Gasteiger partial charge in [0.2, 0.25) is 0 Å². The van der Waals surface area contributed by atoms with Crippen molar-refractivity contribution < 1.29 is 14.3 Å². The van der Waals surface area contributed by atoms with Crippen molar-refractivity contribution in [3.8, 4) is 0 Å². The Balaban J connectivity index is 2.12. The van der Waals surface area contributed by atoms with Gasteiger partial charge in [-0.05, 0) is 44.0 Å². The Morgan fingerprint density at radius 2 is 1.70 bits per heavy atom. The van der Waals surface area contributed by atoms with Crippen molar-refractivity contribution in [3.05, 3.63) is 29.3 Å². The molecule has 0 radical (unpaired) electrons. The van der Waals surface area contributed by atoms with Crippen LogP contribution in [0.5, 0.6) is 0 Å². The largest absolute Gasteiger partial charge is 0.444 e. The third kappa shape index (κ3) is 3.94. The third-order valence-corrected chi connectivity index (χ3v) is 3.62. The molecule has 1 aromatic carbocycles. The quantitative estimate of drug-likeness (QED) is 0.799. The average Bonchev–Trinajstić information content (AvgIpc) is 2.86. The Labute approximate surface area is 137 Å². The van der Waals surface area contributed by atoms with Crippen LogP contribution in [0.4, 0.5) is 15.3 Å². The number of carbonyl (C=O) groups excluding carboxylic acids is 2. The van der Waals surface area contributed by atoms with Gasteiger partial charge in [-0.3, -0.25) is 9.80 Å². The van der Waals surface area contributed by atoms with Crippen LogP contribution in [0.25, 0.3) is 0 Å². The molecule has 0 unspecified atom stereocenters. The molecule has 1 aliphatic rings. The van der Waals surface area contributed by atoms with E-state index >= 15 is 0 Å². The third-order valence-electron chi connectivity index (χ3n) is 3.62. The molecule has 1 heterocycles. The molecular weight excluding hydrogens is 294 g/mol. The zero-order valence-electron chi connectivity index (χ0n) is 14.7. The summed E-state index contributed by atoms with van der Waals surface area (Å²) >= 11 is 0. The summed E-state index contributed by atoms with van der Waals surface area (Å²) < 4.78 is 5.42. The van der Waals surface area contributed by atoms with Gasteiger partial charge >= 0.3 is 12.1 Å². The summed E-state index contributed by atoms with van der Waals surface area (Å²) in [4.78, 5) is 29.0. The number of hydrogen-bond donors (Lipinski definition) is 0. The highest BCUT2D eigenvalue weighted by atomic mass is 16.6. The van der Waals surface area contributed by atoms with E-state index in [-0.39, 0.29) is 12.1 Å². The fourth-order valence-electron chi connectivity index (χ4n) is 2.46. The van der Waals surface area contributed by atoms with E-state index in [2.05, 4.69) is 0 Å². The van der Waals surface area contributed by atoms with Crippen molar-refractivity contribution in [1.29, 1.82) is 0 Å². The van der Waals surface area contributed by atoms with Gasteiger partial charge in [0.05, 0.1) is 0 Å². The van der Waals surface area contributed by atoms with Crippen molar-refractivity contribution in [3.63, 3.8) is 0 Å². The van der Waals surface area contributed by atoms with Crippen LogP contribution >= 0.6 is 0 Å². The Bertz CT molecular complexity index is 620. The number of urea groups is 1. The molecule has 0 saturated heterocycles. The Kier molecular flexibility index (Phi) is 4.54. The summed E-state index contributed by atoms with van der Waals surface area (Å²) in [6.07, 6.45) is -0.312. The fraction of sp³-hybridized carbons (Fsp3) is 0.529. The molecule has 23 heavy (non-hydrogen) atoms. The Morgan fingerprint density at radius 3 is 2.26 bits per heavy atom. The molecular formula is C17H25N3O3. The number of fused-ring (bicyclic) bond motifs is 1. The maximum absolute atomic E-state index is 12.2. The van der Waals surface area contributed by atoms with Crippen LogP contribution in [0.15, 0.2) is 18.2 Å². The van der Waals surface area contributed by atoms with E-state index in [1.807, 2.05) is 39.0 Å². The van der Waals surface area contributed by atoms with E-state index in [0.29, 0.717) is 13.1 Å². The molecule has 0 bridgehead atoms. The Morgan fingerprint density at radius 1 is 1.09 bits per heavy atom. The molecule has 0 aromatic heterocycles. The molecule has 0 saturated carbocycles. The van der Waals surface area contributed by atoms with Crippen molar-refractivity contribution in [2.45, 2.75) is 39.5 Å². The van der Waals surface area contributed by atoms with Gasteiger partial charge in [-0.15, -0.1) is 0 Å². The van der Waals surface area contributed by atoms with Crippen LogP contribution in [0.2, 0.25) is 0 Å². The molecule has 0 N–H and O–H groups in total. The minimum absolute atomic E-state index is 0.0908. The van der Waals surface area contributed by atoms with Crippen LogP contribution in [0, 0.1) is 0 Å². The first kappa shape index (κ1) is 17.1. The first-order valence-electron chi connectivity index (χ1n) is 7.63. The van der Waals surface area contributed by atoms with Gasteiger partial charge in [0.15, 0.2) is 0 Å².